The van der Waals surface area contributed by atoms with Gasteiger partial charge in [-0.3, -0.25) is 4.79 Å². The van der Waals surface area contributed by atoms with Gasteiger partial charge in [0.05, 0.1) is 11.3 Å². The van der Waals surface area contributed by atoms with E-state index in [1.54, 1.807) is 0 Å². The molecule has 0 saturated heterocycles. The number of hydrogen-bond acceptors (Lipinski definition) is 1. The topological polar surface area (TPSA) is 48.6 Å². The van der Waals surface area contributed by atoms with Gasteiger partial charge < -0.3 is 9.97 Å². The quantitative estimate of drug-likeness (QED) is 0.695. The van der Waals surface area contributed by atoms with Crippen molar-refractivity contribution in [2.24, 2.45) is 0 Å². The molecule has 1 aliphatic rings. The van der Waals surface area contributed by atoms with Crippen LogP contribution in [0.25, 0.3) is 22.2 Å². The van der Waals surface area contributed by atoms with Crippen LogP contribution in [-0.2, 0) is 12.8 Å². The van der Waals surface area contributed by atoms with Crippen molar-refractivity contribution < 1.29 is 0 Å². The Morgan fingerprint density at radius 1 is 0.950 bits per heavy atom. The van der Waals surface area contributed by atoms with E-state index in [1.807, 2.05) is 18.2 Å². The lowest BCUT2D eigenvalue weighted by molar-refractivity contribution is 0.665. The van der Waals surface area contributed by atoms with Crippen LogP contribution in [0.15, 0.2) is 41.2 Å². The molecule has 3 nitrogen and oxygen atoms in total. The predicted octanol–water partition coefficient (Wildman–Crippen LogP) is 3.40. The molecule has 1 aliphatic carbocycles. The number of nitrogens with one attached hydrogen (secondary N) is 2. The van der Waals surface area contributed by atoms with Crippen LogP contribution in [-0.4, -0.2) is 9.97 Å². The molecule has 2 N–H and O–H groups in total. The van der Waals surface area contributed by atoms with E-state index in [0.717, 1.165) is 40.7 Å². The molecule has 0 radical (unpaired) electrons. The molecule has 0 amide bonds. The Kier molecular flexibility index (Phi) is 2.52. The van der Waals surface area contributed by atoms with Crippen LogP contribution in [0, 0.1) is 0 Å². The van der Waals surface area contributed by atoms with E-state index >= 15 is 0 Å². The molecular formula is C17H16N2O. The zero-order chi connectivity index (χ0) is 13.5. The second-order valence-corrected chi connectivity index (χ2v) is 5.49. The smallest absolute Gasteiger partial charge is 0.257 e. The summed E-state index contributed by atoms with van der Waals surface area (Å²) in [4.78, 5) is 18.7. The highest BCUT2D eigenvalue weighted by Gasteiger charge is 2.14. The zero-order valence-electron chi connectivity index (χ0n) is 11.2. The molecule has 20 heavy (non-hydrogen) atoms. The van der Waals surface area contributed by atoms with Crippen molar-refractivity contribution >= 4 is 10.9 Å². The number of benzene rings is 1. The molecule has 0 atom stereocenters. The van der Waals surface area contributed by atoms with Crippen LogP contribution < -0.4 is 5.56 Å². The third-order valence-corrected chi connectivity index (χ3v) is 4.16. The molecule has 0 unspecified atom stereocenters. The molecule has 3 aromatic rings. The molecule has 0 aliphatic heterocycles. The van der Waals surface area contributed by atoms with E-state index < -0.39 is 0 Å². The maximum Gasteiger partial charge on any atom is 0.257 e. The number of hydrogen-bond donors (Lipinski definition) is 2. The fourth-order valence-electron chi connectivity index (χ4n) is 3.09. The second-order valence-electron chi connectivity index (χ2n) is 5.49. The van der Waals surface area contributed by atoms with Crippen LogP contribution in [0.4, 0.5) is 0 Å². The van der Waals surface area contributed by atoms with E-state index in [4.69, 9.17) is 0 Å². The molecule has 3 heteroatoms. The van der Waals surface area contributed by atoms with Crippen molar-refractivity contribution in [3.05, 3.63) is 58.0 Å². The summed E-state index contributed by atoms with van der Waals surface area (Å²) in [6.45, 7) is 0. The Morgan fingerprint density at radius 3 is 2.70 bits per heavy atom. The lowest BCUT2D eigenvalue weighted by Crippen LogP contribution is -2.16. The van der Waals surface area contributed by atoms with E-state index in [1.165, 1.54) is 18.4 Å². The van der Waals surface area contributed by atoms with Gasteiger partial charge in [0.2, 0.25) is 0 Å². The van der Waals surface area contributed by atoms with Crippen LogP contribution >= 0.6 is 0 Å². The SMILES string of the molecule is O=c1[nH]c2c(cc1-c1cc3ccccc3[nH]1)CCCC2. The van der Waals surface area contributed by atoms with Crippen LogP contribution in [0.1, 0.15) is 24.1 Å². The molecular weight excluding hydrogens is 248 g/mol. The van der Waals surface area contributed by atoms with E-state index in [9.17, 15) is 4.79 Å². The number of fused-ring (bicyclic) bond motifs is 2. The van der Waals surface area contributed by atoms with E-state index in [-0.39, 0.29) is 5.56 Å². The minimum atomic E-state index is 0.0113. The van der Waals surface area contributed by atoms with Gasteiger partial charge in [-0.05, 0) is 49.4 Å². The largest absolute Gasteiger partial charge is 0.354 e. The third-order valence-electron chi connectivity index (χ3n) is 4.16. The molecule has 2 heterocycles. The minimum absolute atomic E-state index is 0.0113. The highest BCUT2D eigenvalue weighted by Crippen LogP contribution is 2.25. The van der Waals surface area contributed by atoms with Gasteiger partial charge in [-0.15, -0.1) is 0 Å². The van der Waals surface area contributed by atoms with E-state index in [0.29, 0.717) is 0 Å². The predicted molar refractivity (Wildman–Crippen MR) is 81.0 cm³/mol. The summed E-state index contributed by atoms with van der Waals surface area (Å²) < 4.78 is 0. The Labute approximate surface area is 116 Å². The van der Waals surface area contributed by atoms with Gasteiger partial charge in [-0.25, -0.2) is 0 Å². The Bertz CT molecular complexity index is 809. The fourth-order valence-corrected chi connectivity index (χ4v) is 3.09. The van der Waals surface area contributed by atoms with Gasteiger partial charge in [0.15, 0.2) is 0 Å². The Hall–Kier alpha value is -2.29. The number of aryl methyl sites for hydroxylation is 2. The molecule has 0 spiro atoms. The number of H-pyrrole nitrogens is 2. The molecule has 2 aromatic heterocycles. The number of rotatable bonds is 1. The van der Waals surface area contributed by atoms with Gasteiger partial charge in [0, 0.05) is 16.6 Å². The highest BCUT2D eigenvalue weighted by atomic mass is 16.1. The van der Waals surface area contributed by atoms with Gasteiger partial charge in [0.1, 0.15) is 0 Å². The first-order chi connectivity index (χ1) is 9.81. The summed E-state index contributed by atoms with van der Waals surface area (Å²) in [5, 5.41) is 1.14. The number of aromatic amines is 2. The maximum atomic E-state index is 12.3. The van der Waals surface area contributed by atoms with Crippen LogP contribution in [0.5, 0.6) is 0 Å². The van der Waals surface area contributed by atoms with Crippen molar-refractivity contribution in [3.63, 3.8) is 0 Å². The van der Waals surface area contributed by atoms with Crippen molar-refractivity contribution in [1.82, 2.24) is 9.97 Å². The summed E-state index contributed by atoms with van der Waals surface area (Å²) >= 11 is 0. The summed E-state index contributed by atoms with van der Waals surface area (Å²) in [5.74, 6) is 0. The standard InChI is InChI=1S/C17H16N2O/c20-17-13(9-11-5-1-4-8-15(11)19-17)16-10-12-6-2-3-7-14(12)18-16/h2-3,6-7,9-10,18H,1,4-5,8H2,(H,19,20). The Balaban J connectivity index is 1.91. The average Bonchev–Trinajstić information content (AvgIpc) is 2.90. The van der Waals surface area contributed by atoms with Gasteiger partial charge in [0.25, 0.3) is 5.56 Å². The highest BCUT2D eigenvalue weighted by molar-refractivity contribution is 5.85. The van der Waals surface area contributed by atoms with Crippen molar-refractivity contribution in [2.75, 3.05) is 0 Å². The fraction of sp³-hybridized carbons (Fsp3) is 0.235. The van der Waals surface area contributed by atoms with Crippen molar-refractivity contribution in [1.29, 1.82) is 0 Å². The van der Waals surface area contributed by atoms with Crippen LogP contribution in [0.2, 0.25) is 0 Å². The average molecular weight is 264 g/mol. The van der Waals surface area contributed by atoms with Gasteiger partial charge in [-0.1, -0.05) is 18.2 Å². The first kappa shape index (κ1) is 11.5. The molecule has 4 rings (SSSR count). The second kappa shape index (κ2) is 4.37. The van der Waals surface area contributed by atoms with Crippen molar-refractivity contribution in [3.8, 4) is 11.3 Å². The molecule has 0 bridgehead atoms. The lowest BCUT2D eigenvalue weighted by atomic mass is 9.94. The van der Waals surface area contributed by atoms with Gasteiger partial charge >= 0.3 is 0 Å². The number of para-hydroxylation sites is 1. The van der Waals surface area contributed by atoms with Gasteiger partial charge in [-0.2, -0.15) is 0 Å². The first-order valence-corrected chi connectivity index (χ1v) is 7.14. The normalized spacial score (nSPS) is 14.4. The van der Waals surface area contributed by atoms with E-state index in [2.05, 4.69) is 28.2 Å². The molecule has 0 saturated carbocycles. The van der Waals surface area contributed by atoms with Crippen LogP contribution in [0.3, 0.4) is 0 Å². The van der Waals surface area contributed by atoms with Crippen molar-refractivity contribution in [2.45, 2.75) is 25.7 Å². The number of aromatic nitrogens is 2. The summed E-state index contributed by atoms with van der Waals surface area (Å²) in [6.07, 6.45) is 4.46. The minimum Gasteiger partial charge on any atom is -0.354 e. The zero-order valence-corrected chi connectivity index (χ0v) is 11.2. The Morgan fingerprint density at radius 2 is 1.80 bits per heavy atom. The lowest BCUT2D eigenvalue weighted by Gasteiger charge is -2.15. The summed E-state index contributed by atoms with van der Waals surface area (Å²) in [6, 6.07) is 12.2. The molecule has 100 valence electrons. The summed E-state index contributed by atoms with van der Waals surface area (Å²) in [7, 11) is 0. The molecule has 0 fully saturated rings. The molecule has 1 aromatic carbocycles. The first-order valence-electron chi connectivity index (χ1n) is 7.14. The monoisotopic (exact) mass is 264 g/mol. The maximum absolute atomic E-state index is 12.3. The summed E-state index contributed by atoms with van der Waals surface area (Å²) in [5.41, 5.74) is 5.16. The number of pyridine rings is 1. The third kappa shape index (κ3) is 1.78.